The van der Waals surface area contributed by atoms with Crippen LogP contribution in [0.25, 0.3) is 10.9 Å². The van der Waals surface area contributed by atoms with Crippen LogP contribution in [0.1, 0.15) is 23.6 Å². The van der Waals surface area contributed by atoms with Gasteiger partial charge in [-0.2, -0.15) is 0 Å². The highest BCUT2D eigenvalue weighted by Crippen LogP contribution is 2.22. The molecule has 0 radical (unpaired) electrons. The molecule has 1 aliphatic heterocycles. The second-order valence-electron chi connectivity index (χ2n) is 4.87. The van der Waals surface area contributed by atoms with Gasteiger partial charge in [-0.1, -0.05) is 11.6 Å². The molecule has 18 heavy (non-hydrogen) atoms. The molecule has 0 spiro atoms. The fourth-order valence-corrected chi connectivity index (χ4v) is 2.45. The zero-order valence-electron chi connectivity index (χ0n) is 10.6. The maximum absolute atomic E-state index is 5.47. The average molecular weight is 242 g/mol. The lowest BCUT2D eigenvalue weighted by Gasteiger charge is -2.15. The number of nitrogens with zero attached hydrogens (tertiary/aromatic N) is 1. The predicted octanol–water partition coefficient (Wildman–Crippen LogP) is 2.59. The minimum absolute atomic E-state index is 0.366. The summed E-state index contributed by atoms with van der Waals surface area (Å²) >= 11 is 0. The highest BCUT2D eigenvalue weighted by Gasteiger charge is 2.14. The number of ether oxygens (including phenoxy) is 1. The van der Waals surface area contributed by atoms with Crippen LogP contribution in [0.3, 0.4) is 0 Å². The van der Waals surface area contributed by atoms with Gasteiger partial charge in [-0.05, 0) is 37.1 Å². The van der Waals surface area contributed by atoms with Gasteiger partial charge >= 0.3 is 0 Å². The van der Waals surface area contributed by atoms with Crippen LogP contribution in [0.15, 0.2) is 30.5 Å². The van der Waals surface area contributed by atoms with Gasteiger partial charge in [0.2, 0.25) is 0 Å². The van der Waals surface area contributed by atoms with E-state index in [1.54, 1.807) is 0 Å². The predicted molar refractivity (Wildman–Crippen MR) is 72.7 cm³/mol. The van der Waals surface area contributed by atoms with Gasteiger partial charge in [-0.3, -0.25) is 4.98 Å². The van der Waals surface area contributed by atoms with Gasteiger partial charge in [0.1, 0.15) is 0 Å². The minimum Gasteiger partial charge on any atom is -0.380 e. The first-order valence-corrected chi connectivity index (χ1v) is 6.50. The number of hydrogen-bond acceptors (Lipinski definition) is 3. The summed E-state index contributed by atoms with van der Waals surface area (Å²) in [6.07, 6.45) is 3.00. The number of aromatic nitrogens is 1. The van der Waals surface area contributed by atoms with Crippen molar-refractivity contribution in [3.8, 4) is 0 Å². The van der Waals surface area contributed by atoms with Gasteiger partial charge in [-0.25, -0.2) is 0 Å². The van der Waals surface area contributed by atoms with E-state index in [9.17, 15) is 0 Å². The van der Waals surface area contributed by atoms with E-state index in [2.05, 4.69) is 41.5 Å². The van der Waals surface area contributed by atoms with Gasteiger partial charge in [0.15, 0.2) is 0 Å². The molecule has 94 valence electrons. The highest BCUT2D eigenvalue weighted by atomic mass is 16.5. The van der Waals surface area contributed by atoms with Crippen LogP contribution in [0.4, 0.5) is 0 Å². The van der Waals surface area contributed by atoms with Crippen molar-refractivity contribution in [3.05, 3.63) is 41.6 Å². The smallest absolute Gasteiger partial charge is 0.0702 e. The van der Waals surface area contributed by atoms with Gasteiger partial charge < -0.3 is 10.1 Å². The molecule has 1 fully saturated rings. The van der Waals surface area contributed by atoms with Gasteiger partial charge in [0.25, 0.3) is 0 Å². The fourth-order valence-electron chi connectivity index (χ4n) is 2.45. The zero-order chi connectivity index (χ0) is 12.4. The summed E-state index contributed by atoms with van der Waals surface area (Å²) in [7, 11) is 0. The number of fused-ring (bicyclic) bond motifs is 1. The summed E-state index contributed by atoms with van der Waals surface area (Å²) < 4.78 is 5.47. The lowest BCUT2D eigenvalue weighted by Crippen LogP contribution is -2.22. The molecular formula is C15H18N2O. The Labute approximate surface area is 107 Å². The van der Waals surface area contributed by atoms with Crippen molar-refractivity contribution in [2.24, 2.45) is 0 Å². The Kier molecular flexibility index (Phi) is 3.26. The Balaban J connectivity index is 1.96. The Hall–Kier alpha value is -1.45. The number of rotatable bonds is 1. The van der Waals surface area contributed by atoms with Crippen molar-refractivity contribution < 1.29 is 4.74 Å². The van der Waals surface area contributed by atoms with Crippen LogP contribution in [0.5, 0.6) is 0 Å². The molecular weight excluding hydrogens is 224 g/mol. The molecule has 1 saturated heterocycles. The topological polar surface area (TPSA) is 34.1 Å². The molecule has 1 aliphatic rings. The molecule has 3 rings (SSSR count). The van der Waals surface area contributed by atoms with Crippen LogP contribution in [0, 0.1) is 6.92 Å². The summed E-state index contributed by atoms with van der Waals surface area (Å²) in [5.74, 6) is 0. The maximum atomic E-state index is 5.47. The summed E-state index contributed by atoms with van der Waals surface area (Å²) in [6.45, 7) is 4.65. The van der Waals surface area contributed by atoms with Crippen molar-refractivity contribution in [2.75, 3.05) is 19.8 Å². The number of nitrogens with one attached hydrogen (secondary N) is 1. The monoisotopic (exact) mass is 242 g/mol. The van der Waals surface area contributed by atoms with Crippen molar-refractivity contribution in [3.63, 3.8) is 0 Å². The summed E-state index contributed by atoms with van der Waals surface area (Å²) in [5, 5.41) is 4.73. The third-order valence-corrected chi connectivity index (χ3v) is 3.45. The van der Waals surface area contributed by atoms with Crippen molar-refractivity contribution in [1.29, 1.82) is 0 Å². The van der Waals surface area contributed by atoms with Gasteiger partial charge in [0.05, 0.1) is 12.1 Å². The molecule has 1 N–H and O–H groups in total. The third-order valence-electron chi connectivity index (χ3n) is 3.45. The van der Waals surface area contributed by atoms with Crippen molar-refractivity contribution >= 4 is 10.9 Å². The molecule has 0 aliphatic carbocycles. The molecule has 1 unspecified atom stereocenters. The van der Waals surface area contributed by atoms with Crippen molar-refractivity contribution in [2.45, 2.75) is 19.4 Å². The lowest BCUT2D eigenvalue weighted by molar-refractivity contribution is 0.150. The minimum atomic E-state index is 0.366. The van der Waals surface area contributed by atoms with E-state index in [4.69, 9.17) is 4.74 Å². The van der Waals surface area contributed by atoms with E-state index in [1.807, 2.05) is 6.20 Å². The Morgan fingerprint density at radius 3 is 3.17 bits per heavy atom. The van der Waals surface area contributed by atoms with Crippen molar-refractivity contribution in [1.82, 2.24) is 10.3 Å². The van der Waals surface area contributed by atoms with Gasteiger partial charge in [0, 0.05) is 30.8 Å². The summed E-state index contributed by atoms with van der Waals surface area (Å²) in [6, 6.07) is 8.99. The van der Waals surface area contributed by atoms with Gasteiger partial charge in [-0.15, -0.1) is 0 Å². The first-order valence-electron chi connectivity index (χ1n) is 6.50. The Bertz CT molecular complexity index is 545. The molecule has 2 aromatic rings. The molecule has 0 amide bonds. The summed E-state index contributed by atoms with van der Waals surface area (Å²) in [4.78, 5) is 4.55. The molecule has 0 bridgehead atoms. The van der Waals surface area contributed by atoms with E-state index >= 15 is 0 Å². The van der Waals surface area contributed by atoms with E-state index < -0.39 is 0 Å². The van der Waals surface area contributed by atoms with Crippen LogP contribution >= 0.6 is 0 Å². The van der Waals surface area contributed by atoms with Crippen LogP contribution in [-0.2, 0) is 4.74 Å². The first-order chi connectivity index (χ1) is 8.83. The average Bonchev–Trinajstić information content (AvgIpc) is 2.66. The molecule has 1 aromatic heterocycles. The number of pyridine rings is 1. The normalized spacial score (nSPS) is 20.8. The Morgan fingerprint density at radius 2 is 2.22 bits per heavy atom. The number of benzene rings is 1. The quantitative estimate of drug-likeness (QED) is 0.834. The Morgan fingerprint density at radius 1 is 1.28 bits per heavy atom. The molecule has 1 aromatic carbocycles. The van der Waals surface area contributed by atoms with E-state index in [-0.39, 0.29) is 0 Å². The SMILES string of the molecule is Cc1ccc2ncc(C3CCOCCN3)cc2c1. The highest BCUT2D eigenvalue weighted by molar-refractivity contribution is 5.79. The maximum Gasteiger partial charge on any atom is 0.0702 e. The lowest BCUT2D eigenvalue weighted by atomic mass is 10.0. The van der Waals surface area contributed by atoms with E-state index in [1.165, 1.54) is 16.5 Å². The third kappa shape index (κ3) is 2.37. The molecule has 3 nitrogen and oxygen atoms in total. The molecule has 3 heteroatoms. The second-order valence-corrected chi connectivity index (χ2v) is 4.87. The summed E-state index contributed by atoms with van der Waals surface area (Å²) in [5.41, 5.74) is 3.60. The zero-order valence-corrected chi connectivity index (χ0v) is 10.6. The largest absolute Gasteiger partial charge is 0.380 e. The first kappa shape index (κ1) is 11.6. The molecule has 0 saturated carbocycles. The van der Waals surface area contributed by atoms with E-state index in [0.29, 0.717) is 6.04 Å². The number of aryl methyl sites for hydroxylation is 1. The molecule has 1 atom stereocenters. The van der Waals surface area contributed by atoms with E-state index in [0.717, 1.165) is 31.7 Å². The molecule has 2 heterocycles. The number of hydrogen-bond donors (Lipinski definition) is 1. The standard InChI is InChI=1S/C15H18N2O/c1-11-2-3-14-12(8-11)9-13(10-17-14)15-4-6-18-7-5-16-15/h2-3,8-10,15-16H,4-7H2,1H3. The van der Waals surface area contributed by atoms with Crippen LogP contribution in [-0.4, -0.2) is 24.7 Å². The van der Waals surface area contributed by atoms with Crippen LogP contribution in [0.2, 0.25) is 0 Å². The fraction of sp³-hybridized carbons (Fsp3) is 0.400. The second kappa shape index (κ2) is 5.04. The van der Waals surface area contributed by atoms with Crippen LogP contribution < -0.4 is 5.32 Å².